The summed E-state index contributed by atoms with van der Waals surface area (Å²) in [5.41, 5.74) is 0.964. The fraction of sp³-hybridized carbons (Fsp3) is 0.455. The first-order valence-corrected chi connectivity index (χ1v) is 5.13. The van der Waals surface area contributed by atoms with Crippen molar-refractivity contribution in [3.63, 3.8) is 0 Å². The molecule has 0 saturated heterocycles. The quantitative estimate of drug-likeness (QED) is 0.673. The van der Waals surface area contributed by atoms with Crippen molar-refractivity contribution in [2.75, 3.05) is 11.9 Å². The predicted octanol–water partition coefficient (Wildman–Crippen LogP) is 0.326. The number of aromatic nitrogens is 1. The van der Waals surface area contributed by atoms with Crippen molar-refractivity contribution < 1.29 is 15.0 Å². The lowest BCUT2D eigenvalue weighted by atomic mass is 10.1. The molecule has 88 valence electrons. The van der Waals surface area contributed by atoms with Gasteiger partial charge < -0.3 is 15.5 Å². The number of amides is 1. The average Bonchev–Trinajstić information content (AvgIpc) is 2.25. The number of nitrogens with zero attached hydrogens (tertiary/aromatic N) is 1. The van der Waals surface area contributed by atoms with Crippen LogP contribution in [-0.4, -0.2) is 33.8 Å². The van der Waals surface area contributed by atoms with Gasteiger partial charge in [-0.2, -0.15) is 0 Å². The molecule has 0 bridgehead atoms. The summed E-state index contributed by atoms with van der Waals surface area (Å²) in [5, 5.41) is 20.5. The minimum atomic E-state index is -0.697. The van der Waals surface area contributed by atoms with Crippen LogP contribution in [0.3, 0.4) is 0 Å². The number of carbonyl (C=O) groups is 1. The topological polar surface area (TPSA) is 82.5 Å². The Morgan fingerprint density at radius 1 is 1.62 bits per heavy atom. The van der Waals surface area contributed by atoms with Gasteiger partial charge in [0, 0.05) is 13.1 Å². The summed E-state index contributed by atoms with van der Waals surface area (Å²) in [4.78, 5) is 14.8. The Morgan fingerprint density at radius 3 is 3.00 bits per heavy atom. The number of carbonyl (C=O) groups excluding carboxylic acids is 1. The summed E-state index contributed by atoms with van der Waals surface area (Å²) in [5.74, 6) is 0.337. The molecule has 0 saturated carbocycles. The summed E-state index contributed by atoms with van der Waals surface area (Å²) >= 11 is 0. The number of hydrogen-bond acceptors (Lipinski definition) is 4. The summed E-state index contributed by atoms with van der Waals surface area (Å²) in [7, 11) is 0. The molecule has 0 spiro atoms. The first-order chi connectivity index (χ1) is 7.61. The molecule has 0 unspecified atom stereocenters. The van der Waals surface area contributed by atoms with Gasteiger partial charge in [-0.25, -0.2) is 4.98 Å². The third-order valence-electron chi connectivity index (χ3n) is 2.11. The van der Waals surface area contributed by atoms with E-state index in [2.05, 4.69) is 10.3 Å². The molecular weight excluding hydrogens is 208 g/mol. The van der Waals surface area contributed by atoms with E-state index in [-0.39, 0.29) is 12.5 Å². The van der Waals surface area contributed by atoms with Crippen molar-refractivity contribution in [1.82, 2.24) is 4.98 Å². The normalized spacial score (nSPS) is 12.2. The Kier molecular flexibility index (Phi) is 4.88. The number of rotatable bonds is 5. The molecule has 0 fully saturated rings. The molecule has 0 radical (unpaired) electrons. The first kappa shape index (κ1) is 12.6. The van der Waals surface area contributed by atoms with Gasteiger partial charge in [0.1, 0.15) is 5.82 Å². The van der Waals surface area contributed by atoms with Crippen LogP contribution in [0, 0.1) is 0 Å². The van der Waals surface area contributed by atoms with Crippen LogP contribution in [0.5, 0.6) is 0 Å². The highest BCUT2D eigenvalue weighted by Crippen LogP contribution is 2.10. The molecule has 16 heavy (non-hydrogen) atoms. The number of aliphatic hydroxyl groups excluding tert-OH is 2. The number of aryl methyl sites for hydroxylation is 1. The molecule has 0 aliphatic heterocycles. The molecule has 1 amide bonds. The molecule has 1 heterocycles. The molecule has 1 atom stereocenters. The lowest BCUT2D eigenvalue weighted by molar-refractivity contribution is -0.114. The maximum Gasteiger partial charge on any atom is 0.222 e. The van der Waals surface area contributed by atoms with Crippen LogP contribution in [0.15, 0.2) is 18.3 Å². The van der Waals surface area contributed by atoms with Crippen molar-refractivity contribution in [3.8, 4) is 0 Å². The molecule has 1 rings (SSSR count). The SMILES string of the molecule is CC(=O)Nc1cc(CC[C@@H](O)CO)ccn1. The van der Waals surface area contributed by atoms with E-state index in [1.165, 1.54) is 6.92 Å². The molecule has 0 aliphatic rings. The van der Waals surface area contributed by atoms with Crippen molar-refractivity contribution in [3.05, 3.63) is 23.9 Å². The van der Waals surface area contributed by atoms with Gasteiger partial charge in [0.15, 0.2) is 0 Å². The Hall–Kier alpha value is -1.46. The second-order valence-electron chi connectivity index (χ2n) is 3.61. The van der Waals surface area contributed by atoms with Gasteiger partial charge in [-0.05, 0) is 30.5 Å². The zero-order valence-corrected chi connectivity index (χ0v) is 9.18. The highest BCUT2D eigenvalue weighted by molar-refractivity contribution is 5.87. The average molecular weight is 224 g/mol. The van der Waals surface area contributed by atoms with Crippen molar-refractivity contribution in [2.24, 2.45) is 0 Å². The maximum atomic E-state index is 10.8. The third-order valence-corrected chi connectivity index (χ3v) is 2.11. The molecule has 1 aromatic rings. The van der Waals surface area contributed by atoms with Crippen molar-refractivity contribution in [1.29, 1.82) is 0 Å². The van der Waals surface area contributed by atoms with Crippen LogP contribution in [-0.2, 0) is 11.2 Å². The van der Waals surface area contributed by atoms with E-state index < -0.39 is 6.10 Å². The number of pyridine rings is 1. The second kappa shape index (κ2) is 6.19. The van der Waals surface area contributed by atoms with Gasteiger partial charge >= 0.3 is 0 Å². The Balaban J connectivity index is 2.56. The largest absolute Gasteiger partial charge is 0.394 e. The zero-order valence-electron chi connectivity index (χ0n) is 9.18. The standard InChI is InChI=1S/C11H16N2O3/c1-8(15)13-11-6-9(4-5-12-11)2-3-10(16)7-14/h4-6,10,14,16H,2-3,7H2,1H3,(H,12,13,15)/t10-/m1/s1. The van der Waals surface area contributed by atoms with E-state index in [9.17, 15) is 9.90 Å². The number of hydrogen-bond donors (Lipinski definition) is 3. The Morgan fingerprint density at radius 2 is 2.38 bits per heavy atom. The second-order valence-corrected chi connectivity index (χ2v) is 3.61. The Labute approximate surface area is 94.1 Å². The molecule has 0 aliphatic carbocycles. The van der Waals surface area contributed by atoms with Gasteiger partial charge in [-0.1, -0.05) is 0 Å². The van der Waals surface area contributed by atoms with Crippen molar-refractivity contribution in [2.45, 2.75) is 25.9 Å². The Bertz CT molecular complexity index is 355. The van der Waals surface area contributed by atoms with E-state index in [0.717, 1.165) is 5.56 Å². The fourth-order valence-corrected chi connectivity index (χ4v) is 1.30. The third kappa shape index (κ3) is 4.37. The summed E-state index contributed by atoms with van der Waals surface area (Å²) in [6.07, 6.45) is 2.03. The molecule has 5 nitrogen and oxygen atoms in total. The van der Waals surface area contributed by atoms with Crippen LogP contribution in [0.25, 0.3) is 0 Å². The summed E-state index contributed by atoms with van der Waals surface area (Å²) < 4.78 is 0. The zero-order chi connectivity index (χ0) is 12.0. The van der Waals surface area contributed by atoms with Crippen LogP contribution >= 0.6 is 0 Å². The van der Waals surface area contributed by atoms with Crippen LogP contribution in [0.2, 0.25) is 0 Å². The molecule has 5 heteroatoms. The highest BCUT2D eigenvalue weighted by atomic mass is 16.3. The van der Waals surface area contributed by atoms with Gasteiger partial charge in [0.2, 0.25) is 5.91 Å². The summed E-state index contributed by atoms with van der Waals surface area (Å²) in [6.45, 7) is 1.19. The fourth-order valence-electron chi connectivity index (χ4n) is 1.30. The highest BCUT2D eigenvalue weighted by Gasteiger charge is 2.04. The minimum absolute atomic E-state index is 0.167. The lowest BCUT2D eigenvalue weighted by Gasteiger charge is -2.07. The molecule has 1 aromatic heterocycles. The predicted molar refractivity (Wildman–Crippen MR) is 60.0 cm³/mol. The number of anilines is 1. The molecule has 3 N–H and O–H groups in total. The van der Waals surface area contributed by atoms with E-state index in [1.54, 1.807) is 12.3 Å². The van der Waals surface area contributed by atoms with Gasteiger partial charge in [0.25, 0.3) is 0 Å². The van der Waals surface area contributed by atoms with Crippen LogP contribution in [0.4, 0.5) is 5.82 Å². The van der Waals surface area contributed by atoms with E-state index in [4.69, 9.17) is 5.11 Å². The monoisotopic (exact) mass is 224 g/mol. The first-order valence-electron chi connectivity index (χ1n) is 5.13. The van der Waals surface area contributed by atoms with Gasteiger partial charge in [0.05, 0.1) is 12.7 Å². The summed E-state index contributed by atoms with van der Waals surface area (Å²) in [6, 6.07) is 3.57. The minimum Gasteiger partial charge on any atom is -0.394 e. The maximum absolute atomic E-state index is 10.8. The number of aliphatic hydroxyl groups is 2. The lowest BCUT2D eigenvalue weighted by Crippen LogP contribution is -2.13. The van der Waals surface area contributed by atoms with Crippen LogP contribution < -0.4 is 5.32 Å². The smallest absolute Gasteiger partial charge is 0.222 e. The van der Waals surface area contributed by atoms with E-state index >= 15 is 0 Å². The van der Waals surface area contributed by atoms with Crippen LogP contribution in [0.1, 0.15) is 18.9 Å². The molecule has 0 aromatic carbocycles. The van der Waals surface area contributed by atoms with E-state index in [0.29, 0.717) is 18.7 Å². The van der Waals surface area contributed by atoms with E-state index in [1.807, 2.05) is 6.07 Å². The molecular formula is C11H16N2O3. The van der Waals surface area contributed by atoms with Gasteiger partial charge in [-0.3, -0.25) is 4.79 Å². The van der Waals surface area contributed by atoms with Crippen molar-refractivity contribution >= 4 is 11.7 Å². The number of nitrogens with one attached hydrogen (secondary N) is 1. The van der Waals surface area contributed by atoms with Gasteiger partial charge in [-0.15, -0.1) is 0 Å².